The lowest BCUT2D eigenvalue weighted by Crippen LogP contribution is -2.43. The van der Waals surface area contributed by atoms with Crippen molar-refractivity contribution in [3.05, 3.63) is 24.3 Å². The van der Waals surface area contributed by atoms with Gasteiger partial charge >= 0.3 is 12.1 Å². The number of para-hydroxylation sites is 1. The topological polar surface area (TPSA) is 84.9 Å². The fourth-order valence-electron chi connectivity index (χ4n) is 2.81. The first-order valence-electron chi connectivity index (χ1n) is 9.27. The summed E-state index contributed by atoms with van der Waals surface area (Å²) in [5.74, 6) is -1.09. The Bertz CT molecular complexity index is 709. The molecule has 1 aromatic carbocycles. The van der Waals surface area contributed by atoms with E-state index in [1.54, 1.807) is 11.0 Å². The van der Waals surface area contributed by atoms with E-state index in [1.165, 1.54) is 11.8 Å². The van der Waals surface area contributed by atoms with Gasteiger partial charge in [-0.05, 0) is 52.0 Å². The zero-order chi connectivity index (χ0) is 20.7. The molecule has 0 unspecified atom stereocenters. The van der Waals surface area contributed by atoms with Gasteiger partial charge in [-0.3, -0.25) is 9.59 Å². The Hall–Kier alpha value is -2.22. The largest absolute Gasteiger partial charge is 0.455 e. The lowest BCUT2D eigenvalue weighted by Gasteiger charge is -2.32. The Morgan fingerprint density at radius 1 is 1.18 bits per heavy atom. The highest BCUT2D eigenvalue weighted by molar-refractivity contribution is 7.98. The Morgan fingerprint density at radius 2 is 1.82 bits per heavy atom. The van der Waals surface area contributed by atoms with E-state index >= 15 is 0 Å². The standard InChI is InChI=1S/C20H28N2O5S/c1-20(2,3)27-19(25)22-11-9-14(10-12-22)18(24)26-13-17(23)21-15-7-5-6-8-16(15)28-4/h5-8,14H,9-13H2,1-4H3,(H,21,23). The van der Waals surface area contributed by atoms with Gasteiger partial charge in [0.1, 0.15) is 5.60 Å². The van der Waals surface area contributed by atoms with E-state index < -0.39 is 11.6 Å². The van der Waals surface area contributed by atoms with Crippen molar-refractivity contribution in [1.29, 1.82) is 0 Å². The van der Waals surface area contributed by atoms with Crippen LogP contribution in [0.2, 0.25) is 0 Å². The second-order valence-corrected chi connectivity index (χ2v) is 8.45. The van der Waals surface area contributed by atoms with Crippen molar-refractivity contribution in [1.82, 2.24) is 4.90 Å². The Kier molecular flexibility index (Phi) is 7.74. The molecule has 1 aliphatic heterocycles. The number of nitrogens with one attached hydrogen (secondary N) is 1. The summed E-state index contributed by atoms with van der Waals surface area (Å²) in [6.45, 7) is 5.99. The number of amides is 2. The number of anilines is 1. The maximum Gasteiger partial charge on any atom is 0.410 e. The molecule has 0 spiro atoms. The quantitative estimate of drug-likeness (QED) is 0.593. The van der Waals surface area contributed by atoms with Crippen molar-refractivity contribution in [3.63, 3.8) is 0 Å². The van der Waals surface area contributed by atoms with Crippen LogP contribution in [-0.2, 0) is 19.1 Å². The summed E-state index contributed by atoms with van der Waals surface area (Å²) >= 11 is 1.53. The van der Waals surface area contributed by atoms with Gasteiger partial charge in [0, 0.05) is 18.0 Å². The van der Waals surface area contributed by atoms with E-state index in [4.69, 9.17) is 9.47 Å². The van der Waals surface area contributed by atoms with E-state index in [-0.39, 0.29) is 24.5 Å². The summed E-state index contributed by atoms with van der Waals surface area (Å²) < 4.78 is 10.5. The van der Waals surface area contributed by atoms with Crippen LogP contribution >= 0.6 is 11.8 Å². The van der Waals surface area contributed by atoms with Crippen molar-refractivity contribution in [2.24, 2.45) is 5.92 Å². The monoisotopic (exact) mass is 408 g/mol. The number of thioether (sulfide) groups is 1. The van der Waals surface area contributed by atoms with Crippen LogP contribution in [0.25, 0.3) is 0 Å². The molecule has 1 N–H and O–H groups in total. The number of hydrogen-bond donors (Lipinski definition) is 1. The van der Waals surface area contributed by atoms with E-state index in [0.29, 0.717) is 31.6 Å². The van der Waals surface area contributed by atoms with E-state index in [1.807, 2.05) is 45.2 Å². The lowest BCUT2D eigenvalue weighted by atomic mass is 9.97. The van der Waals surface area contributed by atoms with Crippen LogP contribution in [0.5, 0.6) is 0 Å². The third-order valence-corrected chi connectivity index (χ3v) is 5.00. The highest BCUT2D eigenvalue weighted by Gasteiger charge is 2.30. The fraction of sp³-hybridized carbons (Fsp3) is 0.550. The van der Waals surface area contributed by atoms with E-state index in [0.717, 1.165) is 4.90 Å². The Labute approximate surface area is 170 Å². The molecule has 154 valence electrons. The molecule has 7 nitrogen and oxygen atoms in total. The third-order valence-electron chi connectivity index (χ3n) is 4.21. The maximum atomic E-state index is 12.2. The van der Waals surface area contributed by atoms with Gasteiger partial charge in [-0.2, -0.15) is 0 Å². The van der Waals surface area contributed by atoms with Gasteiger partial charge in [0.05, 0.1) is 11.6 Å². The summed E-state index contributed by atoms with van der Waals surface area (Å²) in [6, 6.07) is 7.44. The zero-order valence-corrected chi connectivity index (χ0v) is 17.6. The van der Waals surface area contributed by atoms with Crippen LogP contribution in [0.15, 0.2) is 29.2 Å². The molecule has 0 saturated carbocycles. The van der Waals surface area contributed by atoms with Crippen LogP contribution < -0.4 is 5.32 Å². The Balaban J connectivity index is 1.75. The molecule has 1 fully saturated rings. The molecule has 8 heteroatoms. The van der Waals surface area contributed by atoms with Crippen molar-refractivity contribution in [2.75, 3.05) is 31.3 Å². The summed E-state index contributed by atoms with van der Waals surface area (Å²) in [5.41, 5.74) is 0.150. The van der Waals surface area contributed by atoms with E-state index in [2.05, 4.69) is 5.32 Å². The number of piperidine rings is 1. The number of carbonyl (C=O) groups excluding carboxylic acids is 3. The van der Waals surface area contributed by atoms with Crippen LogP contribution in [0.1, 0.15) is 33.6 Å². The number of rotatable bonds is 5. The second-order valence-electron chi connectivity index (χ2n) is 7.60. The SMILES string of the molecule is CSc1ccccc1NC(=O)COC(=O)C1CCN(C(=O)OC(C)(C)C)CC1. The van der Waals surface area contributed by atoms with Crippen LogP contribution in [0.3, 0.4) is 0 Å². The average molecular weight is 409 g/mol. The normalized spacial score (nSPS) is 15.1. The molecule has 0 aromatic heterocycles. The molecule has 28 heavy (non-hydrogen) atoms. The van der Waals surface area contributed by atoms with Crippen molar-refractivity contribution in [3.8, 4) is 0 Å². The summed E-state index contributed by atoms with van der Waals surface area (Å²) in [4.78, 5) is 38.9. The minimum absolute atomic E-state index is 0.315. The number of hydrogen-bond acceptors (Lipinski definition) is 6. The summed E-state index contributed by atoms with van der Waals surface area (Å²) in [7, 11) is 0. The molecule has 1 saturated heterocycles. The highest BCUT2D eigenvalue weighted by atomic mass is 32.2. The van der Waals surface area contributed by atoms with Gasteiger partial charge in [-0.25, -0.2) is 4.79 Å². The van der Waals surface area contributed by atoms with Gasteiger partial charge in [-0.1, -0.05) is 12.1 Å². The minimum atomic E-state index is -0.547. The van der Waals surface area contributed by atoms with Crippen molar-refractivity contribution in [2.45, 2.75) is 44.1 Å². The molecule has 0 radical (unpaired) electrons. The van der Waals surface area contributed by atoms with Crippen molar-refractivity contribution >= 4 is 35.4 Å². The van der Waals surface area contributed by atoms with Crippen LogP contribution in [0.4, 0.5) is 10.5 Å². The molecule has 2 rings (SSSR count). The van der Waals surface area contributed by atoms with Gasteiger partial charge in [0.25, 0.3) is 5.91 Å². The van der Waals surface area contributed by atoms with Gasteiger partial charge in [-0.15, -0.1) is 11.8 Å². The highest BCUT2D eigenvalue weighted by Crippen LogP contribution is 2.24. The number of benzene rings is 1. The van der Waals surface area contributed by atoms with Crippen LogP contribution in [0, 0.1) is 5.92 Å². The first kappa shape index (κ1) is 22.1. The van der Waals surface area contributed by atoms with Crippen LogP contribution in [-0.4, -0.2) is 54.4 Å². The molecule has 1 aliphatic rings. The average Bonchev–Trinajstić information content (AvgIpc) is 2.65. The molecule has 2 amide bonds. The Morgan fingerprint density at radius 3 is 2.43 bits per heavy atom. The molecule has 0 atom stereocenters. The predicted octanol–water partition coefficient (Wildman–Crippen LogP) is 3.54. The maximum absolute atomic E-state index is 12.2. The number of likely N-dealkylation sites (tertiary alicyclic amines) is 1. The molecular formula is C20H28N2O5S. The first-order chi connectivity index (χ1) is 13.2. The number of ether oxygens (including phenoxy) is 2. The van der Waals surface area contributed by atoms with Gasteiger partial charge in [0.15, 0.2) is 6.61 Å². The minimum Gasteiger partial charge on any atom is -0.455 e. The van der Waals surface area contributed by atoms with E-state index in [9.17, 15) is 14.4 Å². The summed E-state index contributed by atoms with van der Waals surface area (Å²) in [5, 5.41) is 2.76. The molecule has 0 bridgehead atoms. The second kappa shape index (κ2) is 9.82. The molecule has 0 aliphatic carbocycles. The van der Waals surface area contributed by atoms with Gasteiger partial charge < -0.3 is 19.7 Å². The first-order valence-corrected chi connectivity index (χ1v) is 10.5. The lowest BCUT2D eigenvalue weighted by molar-refractivity contribution is -0.153. The number of esters is 1. The van der Waals surface area contributed by atoms with Crippen molar-refractivity contribution < 1.29 is 23.9 Å². The summed E-state index contributed by atoms with van der Waals surface area (Å²) in [6.07, 6.45) is 2.55. The third kappa shape index (κ3) is 6.74. The fourth-order valence-corrected chi connectivity index (χ4v) is 3.37. The molecule has 1 heterocycles. The zero-order valence-electron chi connectivity index (χ0n) is 16.8. The molecular weight excluding hydrogens is 380 g/mol. The molecule has 1 aromatic rings. The van der Waals surface area contributed by atoms with Gasteiger partial charge in [0.2, 0.25) is 0 Å². The smallest absolute Gasteiger partial charge is 0.410 e. The number of nitrogens with zero attached hydrogens (tertiary/aromatic N) is 1. The number of carbonyl (C=O) groups is 3. The predicted molar refractivity (Wildman–Crippen MR) is 108 cm³/mol.